The number of anilines is 3. The smallest absolute Gasteiger partial charge is 0.258 e. The molecule has 2 N–H and O–H groups in total. The van der Waals surface area contributed by atoms with Crippen molar-refractivity contribution < 1.29 is 9.53 Å². The molecular formula is C23H21N5O2. The Morgan fingerprint density at radius 2 is 1.67 bits per heavy atom. The predicted molar refractivity (Wildman–Crippen MR) is 117 cm³/mol. The Morgan fingerprint density at radius 3 is 2.40 bits per heavy atom. The molecule has 0 unspecified atom stereocenters. The molecule has 2 aromatic heterocycles. The van der Waals surface area contributed by atoms with Crippen molar-refractivity contribution in [3.63, 3.8) is 0 Å². The molecule has 1 amide bonds. The zero-order chi connectivity index (χ0) is 20.9. The fourth-order valence-electron chi connectivity index (χ4n) is 2.93. The second-order valence-corrected chi connectivity index (χ2v) is 6.95. The van der Waals surface area contributed by atoms with E-state index in [4.69, 9.17) is 4.74 Å². The third kappa shape index (κ3) is 4.52. The van der Waals surface area contributed by atoms with Gasteiger partial charge in [-0.25, -0.2) is 9.97 Å². The SMILES string of the molecule is CC(C)Oc1ccc(NC(=O)c2cnc(Nc3cccc4cccnc34)nc2)cc1. The summed E-state index contributed by atoms with van der Waals surface area (Å²) in [5.74, 6) is 0.857. The highest BCUT2D eigenvalue weighted by molar-refractivity contribution is 6.04. The average molecular weight is 399 g/mol. The number of carbonyl (C=O) groups excluding carboxylic acids is 1. The van der Waals surface area contributed by atoms with Crippen molar-refractivity contribution in [1.82, 2.24) is 15.0 Å². The Hall–Kier alpha value is -4.00. The molecule has 0 saturated carbocycles. The molecule has 30 heavy (non-hydrogen) atoms. The van der Waals surface area contributed by atoms with Crippen molar-refractivity contribution in [3.05, 3.63) is 78.8 Å². The molecule has 2 heterocycles. The van der Waals surface area contributed by atoms with Crippen LogP contribution in [0.2, 0.25) is 0 Å². The van der Waals surface area contributed by atoms with Gasteiger partial charge in [0.2, 0.25) is 5.95 Å². The van der Waals surface area contributed by atoms with Gasteiger partial charge in [-0.2, -0.15) is 0 Å². The summed E-state index contributed by atoms with van der Waals surface area (Å²) in [6, 6.07) is 16.9. The number of rotatable bonds is 6. The highest BCUT2D eigenvalue weighted by Crippen LogP contribution is 2.23. The van der Waals surface area contributed by atoms with Gasteiger partial charge in [-0.15, -0.1) is 0 Å². The number of benzene rings is 2. The summed E-state index contributed by atoms with van der Waals surface area (Å²) in [6.45, 7) is 3.93. The maximum absolute atomic E-state index is 12.5. The fraction of sp³-hybridized carbons (Fsp3) is 0.130. The van der Waals surface area contributed by atoms with Gasteiger partial charge in [0.25, 0.3) is 5.91 Å². The summed E-state index contributed by atoms with van der Waals surface area (Å²) in [7, 11) is 0. The number of nitrogens with one attached hydrogen (secondary N) is 2. The van der Waals surface area contributed by atoms with E-state index < -0.39 is 0 Å². The maximum Gasteiger partial charge on any atom is 0.258 e. The number of para-hydroxylation sites is 1. The molecule has 0 saturated heterocycles. The summed E-state index contributed by atoms with van der Waals surface area (Å²) >= 11 is 0. The van der Waals surface area contributed by atoms with E-state index in [-0.39, 0.29) is 12.0 Å². The summed E-state index contributed by atoms with van der Waals surface area (Å²) < 4.78 is 5.60. The second kappa shape index (κ2) is 8.57. The number of nitrogens with zero attached hydrogens (tertiary/aromatic N) is 3. The van der Waals surface area contributed by atoms with Gasteiger partial charge in [-0.3, -0.25) is 9.78 Å². The highest BCUT2D eigenvalue weighted by atomic mass is 16.5. The molecule has 2 aromatic carbocycles. The van der Waals surface area contributed by atoms with Crippen LogP contribution in [-0.4, -0.2) is 27.0 Å². The third-order valence-corrected chi connectivity index (χ3v) is 4.28. The van der Waals surface area contributed by atoms with Gasteiger partial charge >= 0.3 is 0 Å². The number of carbonyl (C=O) groups is 1. The van der Waals surface area contributed by atoms with Gasteiger partial charge in [0, 0.05) is 29.7 Å². The lowest BCUT2D eigenvalue weighted by Gasteiger charge is -2.11. The monoisotopic (exact) mass is 399 g/mol. The van der Waals surface area contributed by atoms with Gasteiger partial charge in [-0.05, 0) is 50.2 Å². The first-order chi connectivity index (χ1) is 14.6. The molecule has 0 atom stereocenters. The first-order valence-corrected chi connectivity index (χ1v) is 9.59. The third-order valence-electron chi connectivity index (χ3n) is 4.28. The minimum atomic E-state index is -0.286. The Morgan fingerprint density at radius 1 is 0.933 bits per heavy atom. The van der Waals surface area contributed by atoms with Crippen LogP contribution in [0.15, 0.2) is 73.2 Å². The van der Waals surface area contributed by atoms with Crippen LogP contribution < -0.4 is 15.4 Å². The molecule has 150 valence electrons. The molecule has 4 aromatic rings. The van der Waals surface area contributed by atoms with Crippen LogP contribution in [0.1, 0.15) is 24.2 Å². The molecule has 7 nitrogen and oxygen atoms in total. The quantitative estimate of drug-likeness (QED) is 0.484. The Kier molecular flexibility index (Phi) is 5.52. The van der Waals surface area contributed by atoms with Crippen LogP contribution in [0.4, 0.5) is 17.3 Å². The lowest BCUT2D eigenvalue weighted by Crippen LogP contribution is -2.13. The standard InChI is InChI=1S/C23H21N5O2/c1-15(2)30-19-10-8-18(9-11-19)27-22(29)17-13-25-23(26-14-17)28-20-7-3-5-16-6-4-12-24-21(16)20/h3-15H,1-2H3,(H,27,29)(H,25,26,28). The fourth-order valence-corrected chi connectivity index (χ4v) is 2.93. The summed E-state index contributed by atoms with van der Waals surface area (Å²) in [6.07, 6.45) is 4.81. The highest BCUT2D eigenvalue weighted by Gasteiger charge is 2.09. The van der Waals surface area contributed by atoms with E-state index in [1.807, 2.05) is 56.3 Å². The number of pyridine rings is 1. The second-order valence-electron chi connectivity index (χ2n) is 6.95. The zero-order valence-corrected chi connectivity index (χ0v) is 16.7. The molecule has 0 aliphatic heterocycles. The molecule has 0 fully saturated rings. The zero-order valence-electron chi connectivity index (χ0n) is 16.7. The topological polar surface area (TPSA) is 89.0 Å². The number of hydrogen-bond donors (Lipinski definition) is 2. The van der Waals surface area contributed by atoms with E-state index in [2.05, 4.69) is 25.6 Å². The van der Waals surface area contributed by atoms with E-state index >= 15 is 0 Å². The predicted octanol–water partition coefficient (Wildman–Crippen LogP) is 4.81. The molecule has 4 rings (SSSR count). The molecule has 0 aliphatic carbocycles. The van der Waals surface area contributed by atoms with Crippen LogP contribution >= 0.6 is 0 Å². The van der Waals surface area contributed by atoms with Crippen LogP contribution in [0, 0.1) is 0 Å². The van der Waals surface area contributed by atoms with Crippen LogP contribution in [0.25, 0.3) is 10.9 Å². The Labute approximate surface area is 174 Å². The number of fused-ring (bicyclic) bond motifs is 1. The first-order valence-electron chi connectivity index (χ1n) is 9.59. The lowest BCUT2D eigenvalue weighted by molar-refractivity contribution is 0.102. The molecule has 0 radical (unpaired) electrons. The minimum absolute atomic E-state index is 0.0966. The van der Waals surface area contributed by atoms with Gasteiger partial charge < -0.3 is 15.4 Å². The van der Waals surface area contributed by atoms with Crippen molar-refractivity contribution in [2.45, 2.75) is 20.0 Å². The van der Waals surface area contributed by atoms with Crippen LogP contribution in [0.3, 0.4) is 0 Å². The summed E-state index contributed by atoms with van der Waals surface area (Å²) in [4.78, 5) is 25.4. The minimum Gasteiger partial charge on any atom is -0.491 e. The molecule has 0 bridgehead atoms. The number of hydrogen-bond acceptors (Lipinski definition) is 6. The van der Waals surface area contributed by atoms with E-state index in [9.17, 15) is 4.79 Å². The largest absolute Gasteiger partial charge is 0.491 e. The molecular weight excluding hydrogens is 378 g/mol. The van der Waals surface area contributed by atoms with Crippen molar-refractivity contribution in [3.8, 4) is 5.75 Å². The average Bonchev–Trinajstić information content (AvgIpc) is 2.75. The number of ether oxygens (including phenoxy) is 1. The van der Waals surface area contributed by atoms with Gasteiger partial charge in [0.1, 0.15) is 5.75 Å². The summed E-state index contributed by atoms with van der Waals surface area (Å²) in [5.41, 5.74) is 2.66. The number of amides is 1. The Bertz CT molecular complexity index is 1150. The van der Waals surface area contributed by atoms with Gasteiger partial charge in [-0.1, -0.05) is 18.2 Å². The van der Waals surface area contributed by atoms with Crippen molar-refractivity contribution in [1.29, 1.82) is 0 Å². The number of aromatic nitrogens is 3. The Balaban J connectivity index is 1.43. The van der Waals surface area contributed by atoms with Crippen LogP contribution in [0.5, 0.6) is 5.75 Å². The van der Waals surface area contributed by atoms with E-state index in [1.54, 1.807) is 18.3 Å². The van der Waals surface area contributed by atoms with Crippen molar-refractivity contribution >= 4 is 34.1 Å². The van der Waals surface area contributed by atoms with E-state index in [1.165, 1.54) is 12.4 Å². The molecule has 0 spiro atoms. The normalized spacial score (nSPS) is 10.8. The van der Waals surface area contributed by atoms with Gasteiger partial charge in [0.05, 0.1) is 22.9 Å². The van der Waals surface area contributed by atoms with Crippen molar-refractivity contribution in [2.75, 3.05) is 10.6 Å². The van der Waals surface area contributed by atoms with E-state index in [0.717, 1.165) is 22.3 Å². The van der Waals surface area contributed by atoms with Gasteiger partial charge in [0.15, 0.2) is 0 Å². The molecule has 7 heteroatoms. The lowest BCUT2D eigenvalue weighted by atomic mass is 10.2. The van der Waals surface area contributed by atoms with Crippen molar-refractivity contribution in [2.24, 2.45) is 0 Å². The molecule has 0 aliphatic rings. The first kappa shape index (κ1) is 19.3. The van der Waals surface area contributed by atoms with Crippen LogP contribution in [-0.2, 0) is 0 Å². The summed E-state index contributed by atoms with van der Waals surface area (Å²) in [5, 5.41) is 7.00. The maximum atomic E-state index is 12.5. The van der Waals surface area contributed by atoms with E-state index in [0.29, 0.717) is 17.2 Å².